The van der Waals surface area contributed by atoms with Gasteiger partial charge in [0.1, 0.15) is 0 Å². The van der Waals surface area contributed by atoms with Crippen molar-refractivity contribution < 1.29 is 0 Å². The van der Waals surface area contributed by atoms with Gasteiger partial charge in [0.15, 0.2) is 0 Å². The number of terminal acetylenes is 1. The van der Waals surface area contributed by atoms with Gasteiger partial charge in [-0.25, -0.2) is 0 Å². The maximum atomic E-state index is 5.58. The first-order valence-corrected chi connectivity index (χ1v) is 6.84. The van der Waals surface area contributed by atoms with Crippen LogP contribution in [0.3, 0.4) is 0 Å². The molecule has 1 atom stereocenters. The van der Waals surface area contributed by atoms with Crippen molar-refractivity contribution in [3.8, 4) is 12.3 Å². The van der Waals surface area contributed by atoms with Crippen molar-refractivity contribution >= 4 is 0 Å². The molecule has 0 N–H and O–H groups in total. The van der Waals surface area contributed by atoms with Crippen molar-refractivity contribution in [2.24, 2.45) is 5.92 Å². The van der Waals surface area contributed by atoms with Gasteiger partial charge in [-0.3, -0.25) is 0 Å². The van der Waals surface area contributed by atoms with Gasteiger partial charge in [0, 0.05) is 17.8 Å². The maximum Gasteiger partial charge on any atom is 0.0525 e. The van der Waals surface area contributed by atoms with Crippen LogP contribution in [0.5, 0.6) is 0 Å². The van der Waals surface area contributed by atoms with Crippen molar-refractivity contribution in [2.45, 2.75) is 47.1 Å². The molecule has 0 aromatic carbocycles. The molecule has 1 nitrogen and oxygen atoms in total. The molecule has 0 saturated heterocycles. The lowest BCUT2D eigenvalue weighted by Crippen LogP contribution is -2.38. The summed E-state index contributed by atoms with van der Waals surface area (Å²) in [6.07, 6.45) is 13.2. The van der Waals surface area contributed by atoms with Crippen molar-refractivity contribution in [2.75, 3.05) is 6.54 Å². The highest BCUT2D eigenvalue weighted by molar-refractivity contribution is 5.46. The zero-order chi connectivity index (χ0) is 13.7. The lowest BCUT2D eigenvalue weighted by atomic mass is 9.94. The lowest BCUT2D eigenvalue weighted by molar-refractivity contribution is 0.238. The maximum absolute atomic E-state index is 5.58. The topological polar surface area (TPSA) is 3.24 Å². The summed E-state index contributed by atoms with van der Waals surface area (Å²) < 4.78 is 0. The summed E-state index contributed by atoms with van der Waals surface area (Å²) in [6.45, 7) is 12.1. The Morgan fingerprint density at radius 1 is 1.44 bits per heavy atom. The largest absolute Gasteiger partial charge is 0.365 e. The van der Waals surface area contributed by atoms with E-state index in [2.05, 4.69) is 63.7 Å². The Labute approximate surface area is 112 Å². The first-order valence-electron chi connectivity index (χ1n) is 6.84. The molecule has 98 valence electrons. The minimum absolute atomic E-state index is 0.443. The van der Waals surface area contributed by atoms with Crippen LogP contribution in [-0.4, -0.2) is 17.5 Å². The minimum Gasteiger partial charge on any atom is -0.365 e. The minimum atomic E-state index is 0.443. The quantitative estimate of drug-likeness (QED) is 0.673. The second kappa shape index (κ2) is 6.50. The average Bonchev–Trinajstić information content (AvgIpc) is 2.46. The van der Waals surface area contributed by atoms with E-state index in [0.717, 1.165) is 18.5 Å². The van der Waals surface area contributed by atoms with Crippen molar-refractivity contribution in [1.29, 1.82) is 0 Å². The SMILES string of the molecule is C#CC1=C/C(=C/C)N(CCC)C(C(C)C)C(C)=C1. The Kier molecular flexibility index (Phi) is 5.28. The molecule has 0 amide bonds. The fraction of sp³-hybridized carbons (Fsp3) is 0.529. The molecule has 1 aliphatic heterocycles. The molecular formula is C17H25N. The number of hydrogen-bond donors (Lipinski definition) is 0. The van der Waals surface area contributed by atoms with E-state index in [9.17, 15) is 0 Å². The van der Waals surface area contributed by atoms with E-state index in [1.54, 1.807) is 0 Å². The van der Waals surface area contributed by atoms with Gasteiger partial charge >= 0.3 is 0 Å². The van der Waals surface area contributed by atoms with Crippen LogP contribution in [0.2, 0.25) is 0 Å². The molecule has 0 spiro atoms. The number of hydrogen-bond acceptors (Lipinski definition) is 1. The molecule has 0 aliphatic carbocycles. The molecule has 0 radical (unpaired) electrons. The summed E-state index contributed by atoms with van der Waals surface area (Å²) in [7, 11) is 0. The monoisotopic (exact) mass is 243 g/mol. The zero-order valence-electron chi connectivity index (χ0n) is 12.3. The van der Waals surface area contributed by atoms with Gasteiger partial charge in [-0.2, -0.15) is 0 Å². The van der Waals surface area contributed by atoms with Gasteiger partial charge in [-0.05, 0) is 43.9 Å². The van der Waals surface area contributed by atoms with Gasteiger partial charge in [0.2, 0.25) is 0 Å². The molecule has 1 aliphatic rings. The molecule has 0 aromatic heterocycles. The molecule has 1 heterocycles. The van der Waals surface area contributed by atoms with E-state index in [0.29, 0.717) is 12.0 Å². The molecule has 0 saturated carbocycles. The molecule has 18 heavy (non-hydrogen) atoms. The Balaban J connectivity index is 3.28. The number of rotatable bonds is 3. The number of nitrogens with zero attached hydrogens (tertiary/aromatic N) is 1. The van der Waals surface area contributed by atoms with Gasteiger partial charge in [0.05, 0.1) is 6.04 Å². The van der Waals surface area contributed by atoms with Gasteiger partial charge in [0.25, 0.3) is 0 Å². The van der Waals surface area contributed by atoms with Crippen LogP contribution in [0.15, 0.2) is 35.1 Å². The Bertz CT molecular complexity index is 415. The van der Waals surface area contributed by atoms with E-state index in [4.69, 9.17) is 6.42 Å². The smallest absolute Gasteiger partial charge is 0.0525 e. The highest BCUT2D eigenvalue weighted by Gasteiger charge is 2.25. The second-order valence-corrected chi connectivity index (χ2v) is 5.23. The molecule has 1 rings (SSSR count). The standard InChI is InChI=1S/C17H25N/c1-7-10-18-16(9-3)12-15(8-2)11-14(6)17(18)13(4)5/h2,9,11-13,17H,7,10H2,1,3-6H3/b16-9-. The third-order valence-electron chi connectivity index (χ3n) is 3.38. The molecule has 1 unspecified atom stereocenters. The van der Waals surface area contributed by atoms with E-state index in [-0.39, 0.29) is 0 Å². The summed E-state index contributed by atoms with van der Waals surface area (Å²) in [4.78, 5) is 2.49. The van der Waals surface area contributed by atoms with Crippen molar-refractivity contribution in [1.82, 2.24) is 4.90 Å². The summed E-state index contributed by atoms with van der Waals surface area (Å²) in [5.74, 6) is 3.36. The zero-order valence-corrected chi connectivity index (χ0v) is 12.3. The van der Waals surface area contributed by atoms with Crippen LogP contribution in [0.25, 0.3) is 0 Å². The summed E-state index contributed by atoms with van der Waals surface area (Å²) in [5.41, 5.74) is 3.58. The van der Waals surface area contributed by atoms with Crippen molar-refractivity contribution in [3.63, 3.8) is 0 Å². The molecular weight excluding hydrogens is 218 g/mol. The van der Waals surface area contributed by atoms with Crippen LogP contribution < -0.4 is 0 Å². The van der Waals surface area contributed by atoms with Gasteiger partial charge in [-0.1, -0.05) is 32.8 Å². The van der Waals surface area contributed by atoms with E-state index in [1.807, 2.05) is 0 Å². The third-order valence-corrected chi connectivity index (χ3v) is 3.38. The van der Waals surface area contributed by atoms with Crippen LogP contribution >= 0.6 is 0 Å². The Hall–Kier alpha value is -1.42. The molecule has 1 heteroatoms. The third kappa shape index (κ3) is 3.07. The normalized spacial score (nSPS) is 22.6. The molecule has 0 fully saturated rings. The lowest BCUT2D eigenvalue weighted by Gasteiger charge is -2.36. The Morgan fingerprint density at radius 3 is 2.56 bits per heavy atom. The van der Waals surface area contributed by atoms with Crippen LogP contribution in [0.4, 0.5) is 0 Å². The average molecular weight is 243 g/mol. The fourth-order valence-electron chi connectivity index (χ4n) is 2.75. The molecule has 0 aromatic rings. The molecule has 0 bridgehead atoms. The summed E-state index contributed by atoms with van der Waals surface area (Å²) in [6, 6.07) is 0.443. The van der Waals surface area contributed by atoms with Crippen LogP contribution in [0.1, 0.15) is 41.0 Å². The van der Waals surface area contributed by atoms with Crippen molar-refractivity contribution in [3.05, 3.63) is 35.1 Å². The summed E-state index contributed by atoms with van der Waals surface area (Å²) >= 11 is 0. The van der Waals surface area contributed by atoms with E-state index < -0.39 is 0 Å². The summed E-state index contributed by atoms with van der Waals surface area (Å²) in [5, 5.41) is 0. The fourth-order valence-corrected chi connectivity index (χ4v) is 2.75. The highest BCUT2D eigenvalue weighted by atomic mass is 15.2. The highest BCUT2D eigenvalue weighted by Crippen LogP contribution is 2.28. The van der Waals surface area contributed by atoms with Gasteiger partial charge < -0.3 is 4.90 Å². The first-order chi connectivity index (χ1) is 8.54. The Morgan fingerprint density at radius 2 is 2.11 bits per heavy atom. The van der Waals surface area contributed by atoms with Crippen LogP contribution in [0, 0.1) is 18.3 Å². The van der Waals surface area contributed by atoms with Gasteiger partial charge in [-0.15, -0.1) is 6.42 Å². The first kappa shape index (κ1) is 14.6. The predicted octanol–water partition coefficient (Wildman–Crippen LogP) is 4.15. The second-order valence-electron chi connectivity index (χ2n) is 5.23. The van der Waals surface area contributed by atoms with E-state index in [1.165, 1.54) is 11.3 Å². The predicted molar refractivity (Wildman–Crippen MR) is 80.1 cm³/mol. The number of allylic oxidation sites excluding steroid dienone is 4. The van der Waals surface area contributed by atoms with Crippen LogP contribution in [-0.2, 0) is 0 Å². The van der Waals surface area contributed by atoms with E-state index >= 15 is 0 Å².